The summed E-state index contributed by atoms with van der Waals surface area (Å²) >= 11 is 4.99. The van der Waals surface area contributed by atoms with E-state index in [4.69, 9.17) is 22.7 Å². The van der Waals surface area contributed by atoms with Crippen LogP contribution in [0.5, 0.6) is 0 Å². The van der Waals surface area contributed by atoms with Gasteiger partial charge in [-0.3, -0.25) is 4.79 Å². The molecule has 1 amide bonds. The van der Waals surface area contributed by atoms with E-state index in [1.54, 1.807) is 0 Å². The molecular formula is C14H26N2O2S. The lowest BCUT2D eigenvalue weighted by Gasteiger charge is -2.29. The first-order valence-corrected chi connectivity index (χ1v) is 7.43. The van der Waals surface area contributed by atoms with E-state index in [-0.39, 0.29) is 35.9 Å². The van der Waals surface area contributed by atoms with E-state index in [1.807, 2.05) is 32.6 Å². The average Bonchev–Trinajstić information content (AvgIpc) is 2.59. The van der Waals surface area contributed by atoms with Crippen LogP contribution in [-0.2, 0) is 9.53 Å². The topological polar surface area (TPSA) is 55.6 Å². The van der Waals surface area contributed by atoms with Gasteiger partial charge in [0, 0.05) is 19.0 Å². The second-order valence-electron chi connectivity index (χ2n) is 5.61. The van der Waals surface area contributed by atoms with Crippen molar-refractivity contribution in [1.29, 1.82) is 0 Å². The molecule has 2 N–H and O–H groups in total. The number of carbonyl (C=O) groups excluding carboxylic acids is 1. The Morgan fingerprint density at radius 3 is 2.32 bits per heavy atom. The zero-order valence-corrected chi connectivity index (χ0v) is 13.4. The number of amides is 1. The third kappa shape index (κ3) is 3.66. The first-order chi connectivity index (χ1) is 8.79. The molecule has 0 saturated carbocycles. The number of hydrogen-bond acceptors (Lipinski definition) is 3. The minimum absolute atomic E-state index is 0.0216. The van der Waals surface area contributed by atoms with Crippen molar-refractivity contribution in [2.75, 3.05) is 13.1 Å². The zero-order chi connectivity index (χ0) is 14.7. The predicted octanol–water partition coefficient (Wildman–Crippen LogP) is 1.82. The molecule has 1 saturated heterocycles. The largest absolute Gasteiger partial charge is 0.393 e. The minimum atomic E-state index is -0.0616. The lowest BCUT2D eigenvalue weighted by molar-refractivity contribution is -0.138. The highest BCUT2D eigenvalue weighted by molar-refractivity contribution is 7.80. The van der Waals surface area contributed by atoms with Gasteiger partial charge in [0.15, 0.2) is 0 Å². The molecule has 0 spiro atoms. The summed E-state index contributed by atoms with van der Waals surface area (Å²) < 4.78 is 5.76. The number of thiocarbonyl (C=S) groups is 1. The molecule has 0 aromatic heterocycles. The molecular weight excluding hydrogens is 260 g/mol. The van der Waals surface area contributed by atoms with Crippen molar-refractivity contribution < 1.29 is 9.53 Å². The Morgan fingerprint density at radius 2 is 1.95 bits per heavy atom. The SMILES string of the molecule is CCN(CC(C)C(N)=S)C(=O)C1C(C)OC(C)C1C. The third-order valence-electron chi connectivity index (χ3n) is 4.20. The fourth-order valence-electron chi connectivity index (χ4n) is 2.70. The van der Waals surface area contributed by atoms with Gasteiger partial charge in [0.05, 0.1) is 23.1 Å². The van der Waals surface area contributed by atoms with Crippen LogP contribution in [0.1, 0.15) is 34.6 Å². The third-order valence-corrected chi connectivity index (χ3v) is 4.60. The van der Waals surface area contributed by atoms with Gasteiger partial charge in [-0.05, 0) is 26.7 Å². The molecule has 1 rings (SSSR count). The van der Waals surface area contributed by atoms with E-state index >= 15 is 0 Å². The molecule has 0 aromatic carbocycles. The van der Waals surface area contributed by atoms with Crippen LogP contribution in [0.3, 0.4) is 0 Å². The van der Waals surface area contributed by atoms with Gasteiger partial charge in [-0.25, -0.2) is 0 Å². The summed E-state index contributed by atoms with van der Waals surface area (Å²) in [4.78, 5) is 15.0. The molecule has 1 fully saturated rings. The van der Waals surface area contributed by atoms with Crippen molar-refractivity contribution in [1.82, 2.24) is 4.90 Å². The molecule has 1 aliphatic rings. The monoisotopic (exact) mass is 286 g/mol. The summed E-state index contributed by atoms with van der Waals surface area (Å²) in [7, 11) is 0. The Hall–Kier alpha value is -0.680. The smallest absolute Gasteiger partial charge is 0.228 e. The molecule has 19 heavy (non-hydrogen) atoms. The van der Waals surface area contributed by atoms with Crippen LogP contribution in [-0.4, -0.2) is 41.1 Å². The van der Waals surface area contributed by atoms with E-state index in [2.05, 4.69) is 6.92 Å². The summed E-state index contributed by atoms with van der Waals surface area (Å²) in [6, 6.07) is 0. The number of ether oxygens (including phenoxy) is 1. The van der Waals surface area contributed by atoms with Crippen molar-refractivity contribution >= 4 is 23.1 Å². The summed E-state index contributed by atoms with van der Waals surface area (Å²) in [6.45, 7) is 11.3. The first-order valence-electron chi connectivity index (χ1n) is 7.03. The lowest BCUT2D eigenvalue weighted by atomic mass is 9.88. The van der Waals surface area contributed by atoms with Crippen LogP contribution in [0.2, 0.25) is 0 Å². The molecule has 4 nitrogen and oxygen atoms in total. The van der Waals surface area contributed by atoms with Gasteiger partial charge in [0.2, 0.25) is 5.91 Å². The molecule has 0 aliphatic carbocycles. The van der Waals surface area contributed by atoms with Gasteiger partial charge in [0.1, 0.15) is 0 Å². The van der Waals surface area contributed by atoms with Gasteiger partial charge in [-0.2, -0.15) is 0 Å². The average molecular weight is 286 g/mol. The fourth-order valence-corrected chi connectivity index (χ4v) is 2.77. The molecule has 5 heteroatoms. The van der Waals surface area contributed by atoms with Crippen LogP contribution >= 0.6 is 12.2 Å². The number of rotatable bonds is 5. The molecule has 0 bridgehead atoms. The Morgan fingerprint density at radius 1 is 1.37 bits per heavy atom. The Kier molecular flexibility index (Phi) is 5.74. The molecule has 5 unspecified atom stereocenters. The maximum atomic E-state index is 12.7. The van der Waals surface area contributed by atoms with Gasteiger partial charge >= 0.3 is 0 Å². The molecule has 0 radical (unpaired) electrons. The molecule has 1 heterocycles. The van der Waals surface area contributed by atoms with Crippen LogP contribution in [0.25, 0.3) is 0 Å². The molecule has 5 atom stereocenters. The van der Waals surface area contributed by atoms with Gasteiger partial charge in [-0.15, -0.1) is 0 Å². The number of carbonyl (C=O) groups is 1. The molecule has 0 aromatic rings. The first kappa shape index (κ1) is 16.4. The van der Waals surface area contributed by atoms with E-state index in [1.165, 1.54) is 0 Å². The van der Waals surface area contributed by atoms with Crippen LogP contribution in [0.15, 0.2) is 0 Å². The predicted molar refractivity (Wildman–Crippen MR) is 80.9 cm³/mol. The summed E-state index contributed by atoms with van der Waals surface area (Å²) in [5.74, 6) is 0.393. The standard InChI is InChI=1S/C14H26N2O2S/c1-6-16(7-8(2)13(15)19)14(17)12-9(3)10(4)18-11(12)5/h8-12H,6-7H2,1-5H3,(H2,15,19). The second kappa shape index (κ2) is 6.66. The van der Waals surface area contributed by atoms with E-state index in [9.17, 15) is 4.79 Å². The van der Waals surface area contributed by atoms with Crippen LogP contribution in [0, 0.1) is 17.8 Å². The van der Waals surface area contributed by atoms with Crippen molar-refractivity contribution in [2.24, 2.45) is 23.5 Å². The number of nitrogens with zero attached hydrogens (tertiary/aromatic N) is 1. The normalized spacial score (nSPS) is 32.1. The lowest BCUT2D eigenvalue weighted by Crippen LogP contribution is -2.44. The van der Waals surface area contributed by atoms with E-state index in [0.29, 0.717) is 18.1 Å². The Bertz CT molecular complexity index is 348. The van der Waals surface area contributed by atoms with Crippen LogP contribution in [0.4, 0.5) is 0 Å². The Balaban J connectivity index is 2.76. The fraction of sp³-hybridized carbons (Fsp3) is 0.857. The van der Waals surface area contributed by atoms with Gasteiger partial charge in [-0.1, -0.05) is 26.1 Å². The summed E-state index contributed by atoms with van der Waals surface area (Å²) in [5.41, 5.74) is 5.64. The molecule has 110 valence electrons. The maximum Gasteiger partial charge on any atom is 0.228 e. The minimum Gasteiger partial charge on any atom is -0.393 e. The second-order valence-corrected chi connectivity index (χ2v) is 6.08. The number of hydrogen-bond donors (Lipinski definition) is 1. The van der Waals surface area contributed by atoms with E-state index < -0.39 is 0 Å². The quantitative estimate of drug-likeness (QED) is 0.783. The van der Waals surface area contributed by atoms with Gasteiger partial charge in [0.25, 0.3) is 0 Å². The van der Waals surface area contributed by atoms with Crippen molar-refractivity contribution in [3.05, 3.63) is 0 Å². The highest BCUT2D eigenvalue weighted by Crippen LogP contribution is 2.33. The Labute approximate surface area is 121 Å². The van der Waals surface area contributed by atoms with Crippen LogP contribution < -0.4 is 5.73 Å². The van der Waals surface area contributed by atoms with E-state index in [0.717, 1.165) is 0 Å². The van der Waals surface area contributed by atoms with Crippen molar-refractivity contribution in [3.63, 3.8) is 0 Å². The highest BCUT2D eigenvalue weighted by atomic mass is 32.1. The summed E-state index contributed by atoms with van der Waals surface area (Å²) in [6.07, 6.45) is 0.113. The van der Waals surface area contributed by atoms with Gasteiger partial charge < -0.3 is 15.4 Å². The maximum absolute atomic E-state index is 12.7. The van der Waals surface area contributed by atoms with Crippen molar-refractivity contribution in [2.45, 2.75) is 46.8 Å². The zero-order valence-electron chi connectivity index (χ0n) is 12.6. The molecule has 1 aliphatic heterocycles. The van der Waals surface area contributed by atoms with Crippen molar-refractivity contribution in [3.8, 4) is 0 Å². The highest BCUT2D eigenvalue weighted by Gasteiger charge is 2.43. The summed E-state index contributed by atoms with van der Waals surface area (Å²) in [5, 5.41) is 0. The number of nitrogens with two attached hydrogens (primary N) is 1.